The van der Waals surface area contributed by atoms with Crippen molar-refractivity contribution < 1.29 is 0 Å². The van der Waals surface area contributed by atoms with Crippen LogP contribution in [0.25, 0.3) is 0 Å². The predicted octanol–water partition coefficient (Wildman–Crippen LogP) is 3.73. The van der Waals surface area contributed by atoms with E-state index in [9.17, 15) is 0 Å². The van der Waals surface area contributed by atoms with Gasteiger partial charge in [0.05, 0.1) is 6.04 Å². The molecule has 2 aliphatic carbocycles. The molecule has 0 saturated heterocycles. The molecule has 0 spiro atoms. The standard InChI is InChI=1S/C16H22N2S2/c1-10-13-5-7-20-15(13)4-6-18(10)16(19)17-14-9-11-2-3-12(14)8-11/h5,7,10-12,14H,2-4,6,8-9H2,1H3,(H,17,19)/t10-,11+,12+,14+/m1/s1. The fourth-order valence-corrected chi connectivity index (χ4v) is 5.81. The molecule has 4 rings (SSSR count). The molecule has 1 aromatic rings. The van der Waals surface area contributed by atoms with Gasteiger partial charge in [-0.3, -0.25) is 0 Å². The summed E-state index contributed by atoms with van der Waals surface area (Å²) >= 11 is 7.62. The molecule has 20 heavy (non-hydrogen) atoms. The maximum Gasteiger partial charge on any atom is 0.169 e. The zero-order valence-electron chi connectivity index (χ0n) is 12.0. The van der Waals surface area contributed by atoms with Crippen LogP contribution < -0.4 is 5.32 Å². The summed E-state index contributed by atoms with van der Waals surface area (Å²) < 4.78 is 0. The molecular weight excluding hydrogens is 284 g/mol. The van der Waals surface area contributed by atoms with Crippen molar-refractivity contribution >= 4 is 28.7 Å². The van der Waals surface area contributed by atoms with E-state index in [-0.39, 0.29) is 0 Å². The van der Waals surface area contributed by atoms with Crippen molar-refractivity contribution in [3.05, 3.63) is 21.9 Å². The summed E-state index contributed by atoms with van der Waals surface area (Å²) in [5.41, 5.74) is 1.48. The van der Waals surface area contributed by atoms with E-state index in [2.05, 4.69) is 28.6 Å². The van der Waals surface area contributed by atoms with Crippen LogP contribution >= 0.6 is 23.6 Å². The Balaban J connectivity index is 1.44. The van der Waals surface area contributed by atoms with Crippen molar-refractivity contribution in [2.45, 2.75) is 51.1 Å². The van der Waals surface area contributed by atoms with Gasteiger partial charge in [-0.2, -0.15) is 0 Å². The Morgan fingerprint density at radius 3 is 3.05 bits per heavy atom. The smallest absolute Gasteiger partial charge is 0.169 e. The summed E-state index contributed by atoms with van der Waals surface area (Å²) in [6, 6.07) is 3.36. The van der Waals surface area contributed by atoms with Crippen LogP contribution in [-0.2, 0) is 6.42 Å². The molecule has 0 aromatic carbocycles. The number of hydrogen-bond donors (Lipinski definition) is 1. The van der Waals surface area contributed by atoms with Gasteiger partial charge in [0.2, 0.25) is 0 Å². The van der Waals surface area contributed by atoms with Crippen LogP contribution in [0.1, 0.15) is 49.1 Å². The van der Waals surface area contributed by atoms with Crippen molar-refractivity contribution in [1.82, 2.24) is 10.2 Å². The Kier molecular flexibility index (Phi) is 3.26. The zero-order chi connectivity index (χ0) is 13.7. The van der Waals surface area contributed by atoms with E-state index in [0.29, 0.717) is 12.1 Å². The maximum atomic E-state index is 5.72. The first kappa shape index (κ1) is 13.1. The second kappa shape index (κ2) is 4.99. The molecule has 108 valence electrons. The Bertz CT molecular complexity index is 524. The van der Waals surface area contributed by atoms with Crippen molar-refractivity contribution in [2.75, 3.05) is 6.54 Å². The average Bonchev–Trinajstić information content (AvgIpc) is 3.14. The Hall–Kier alpha value is -0.610. The van der Waals surface area contributed by atoms with Gasteiger partial charge < -0.3 is 10.2 Å². The summed E-state index contributed by atoms with van der Waals surface area (Å²) in [7, 11) is 0. The highest BCUT2D eigenvalue weighted by Crippen LogP contribution is 2.44. The Morgan fingerprint density at radius 1 is 1.40 bits per heavy atom. The van der Waals surface area contributed by atoms with Crippen LogP contribution in [0.15, 0.2) is 11.4 Å². The van der Waals surface area contributed by atoms with E-state index in [0.717, 1.165) is 29.9 Å². The first-order valence-electron chi connectivity index (χ1n) is 7.86. The molecule has 0 amide bonds. The van der Waals surface area contributed by atoms with Crippen LogP contribution in [0.4, 0.5) is 0 Å². The third-order valence-corrected chi connectivity index (χ3v) is 6.93. The molecule has 1 aromatic heterocycles. The second-order valence-corrected chi connectivity index (χ2v) is 8.04. The molecule has 3 aliphatic rings. The average molecular weight is 307 g/mol. The number of nitrogens with zero attached hydrogens (tertiary/aromatic N) is 1. The number of fused-ring (bicyclic) bond motifs is 3. The Labute approximate surface area is 130 Å². The van der Waals surface area contributed by atoms with Gasteiger partial charge >= 0.3 is 0 Å². The van der Waals surface area contributed by atoms with Gasteiger partial charge in [0.15, 0.2) is 5.11 Å². The van der Waals surface area contributed by atoms with Crippen molar-refractivity contribution in [2.24, 2.45) is 11.8 Å². The number of thiocarbonyl (C=S) groups is 1. The third kappa shape index (κ3) is 2.08. The van der Waals surface area contributed by atoms with Crippen LogP contribution in [0.2, 0.25) is 0 Å². The van der Waals surface area contributed by atoms with Crippen molar-refractivity contribution in [3.63, 3.8) is 0 Å². The SMILES string of the molecule is C[C@@H]1c2ccsc2CCN1C(=S)N[C@H]1C[C@H]2CC[C@H]1C2. The minimum Gasteiger partial charge on any atom is -0.360 e. The topological polar surface area (TPSA) is 15.3 Å². The van der Waals surface area contributed by atoms with Crippen LogP contribution in [0.3, 0.4) is 0 Å². The fraction of sp³-hybridized carbons (Fsp3) is 0.688. The minimum atomic E-state index is 0.434. The van der Waals surface area contributed by atoms with Crippen LogP contribution in [0, 0.1) is 11.8 Å². The summed E-state index contributed by atoms with van der Waals surface area (Å²) in [6.07, 6.45) is 6.79. The summed E-state index contributed by atoms with van der Waals surface area (Å²) in [4.78, 5) is 3.95. The van der Waals surface area contributed by atoms with Gasteiger partial charge in [-0.15, -0.1) is 11.3 Å². The lowest BCUT2D eigenvalue weighted by molar-refractivity contribution is 0.301. The highest BCUT2D eigenvalue weighted by Gasteiger charge is 2.40. The lowest BCUT2D eigenvalue weighted by Gasteiger charge is -2.37. The molecule has 1 N–H and O–H groups in total. The molecule has 4 heteroatoms. The molecule has 2 heterocycles. The largest absolute Gasteiger partial charge is 0.360 e. The second-order valence-electron chi connectivity index (χ2n) is 6.65. The van der Waals surface area contributed by atoms with E-state index in [1.165, 1.54) is 31.2 Å². The lowest BCUT2D eigenvalue weighted by atomic mass is 9.95. The van der Waals surface area contributed by atoms with Crippen molar-refractivity contribution in [3.8, 4) is 0 Å². The molecule has 2 saturated carbocycles. The van der Waals surface area contributed by atoms with Gasteiger partial charge in [0.1, 0.15) is 0 Å². The van der Waals surface area contributed by atoms with Gasteiger partial charge in [-0.05, 0) is 73.7 Å². The molecule has 1 aliphatic heterocycles. The highest BCUT2D eigenvalue weighted by atomic mass is 32.1. The normalized spacial score (nSPS) is 35.1. The molecule has 2 fully saturated rings. The fourth-order valence-electron chi connectivity index (χ4n) is 4.45. The first-order chi connectivity index (χ1) is 9.72. The van der Waals surface area contributed by atoms with Gasteiger partial charge in [-0.25, -0.2) is 0 Å². The van der Waals surface area contributed by atoms with Crippen molar-refractivity contribution in [1.29, 1.82) is 0 Å². The first-order valence-corrected chi connectivity index (χ1v) is 9.14. The third-order valence-electron chi connectivity index (χ3n) is 5.59. The summed E-state index contributed by atoms with van der Waals surface area (Å²) in [5, 5.41) is 6.91. The quantitative estimate of drug-likeness (QED) is 0.796. The molecule has 2 nitrogen and oxygen atoms in total. The summed E-state index contributed by atoms with van der Waals surface area (Å²) in [6.45, 7) is 3.36. The van der Waals surface area contributed by atoms with Crippen LogP contribution in [0.5, 0.6) is 0 Å². The van der Waals surface area contributed by atoms with E-state index in [1.54, 1.807) is 4.88 Å². The van der Waals surface area contributed by atoms with E-state index in [4.69, 9.17) is 12.2 Å². The molecule has 4 atom stereocenters. The van der Waals surface area contributed by atoms with E-state index in [1.807, 2.05) is 11.3 Å². The lowest BCUT2D eigenvalue weighted by Crippen LogP contribution is -2.49. The number of rotatable bonds is 1. The van der Waals surface area contributed by atoms with Gasteiger partial charge in [-0.1, -0.05) is 6.42 Å². The highest BCUT2D eigenvalue weighted by molar-refractivity contribution is 7.80. The zero-order valence-corrected chi connectivity index (χ0v) is 13.6. The minimum absolute atomic E-state index is 0.434. The Morgan fingerprint density at radius 2 is 2.30 bits per heavy atom. The monoisotopic (exact) mass is 306 g/mol. The predicted molar refractivity (Wildman–Crippen MR) is 88.1 cm³/mol. The molecule has 0 radical (unpaired) electrons. The number of nitrogens with one attached hydrogen (secondary N) is 1. The van der Waals surface area contributed by atoms with E-state index >= 15 is 0 Å². The maximum absolute atomic E-state index is 5.72. The number of hydrogen-bond acceptors (Lipinski definition) is 2. The molecule has 2 bridgehead atoms. The summed E-state index contributed by atoms with van der Waals surface area (Å²) in [5.74, 6) is 1.86. The van der Waals surface area contributed by atoms with E-state index < -0.39 is 0 Å². The van der Waals surface area contributed by atoms with Crippen LogP contribution in [-0.4, -0.2) is 22.6 Å². The number of thiophene rings is 1. The van der Waals surface area contributed by atoms with Gasteiger partial charge in [0, 0.05) is 17.5 Å². The molecule has 0 unspecified atom stereocenters. The molecular formula is C16H22N2S2. The van der Waals surface area contributed by atoms with Gasteiger partial charge in [0.25, 0.3) is 0 Å².